The van der Waals surface area contributed by atoms with Gasteiger partial charge in [-0.25, -0.2) is 30.0 Å². The summed E-state index contributed by atoms with van der Waals surface area (Å²) in [5, 5.41) is 13.3. The molecule has 1 unspecified atom stereocenters. The first-order valence-corrected chi connectivity index (χ1v) is 11.1. The van der Waals surface area contributed by atoms with Crippen LogP contribution < -0.4 is 10.0 Å². The van der Waals surface area contributed by atoms with Crippen LogP contribution in [-0.2, 0) is 39.6 Å². The third kappa shape index (κ3) is 4.52. The van der Waals surface area contributed by atoms with Crippen molar-refractivity contribution < 1.29 is 56.7 Å². The van der Waals surface area contributed by atoms with Crippen LogP contribution in [-0.4, -0.2) is 70.9 Å². The van der Waals surface area contributed by atoms with Gasteiger partial charge in [0, 0.05) is 19.5 Å². The zero-order valence-electron chi connectivity index (χ0n) is 13.1. The van der Waals surface area contributed by atoms with Crippen LogP contribution in [0.5, 0.6) is 0 Å². The topological polar surface area (TPSA) is 179 Å². The van der Waals surface area contributed by atoms with Gasteiger partial charge < -0.3 is 15.3 Å². The zero-order valence-corrected chi connectivity index (χ0v) is 15.6. The molecule has 0 amide bonds. The number of esters is 1. The van der Waals surface area contributed by atoms with Crippen LogP contribution in [0.1, 0.15) is 6.42 Å². The molecule has 0 spiro atoms. The average molecular weight is 484 g/mol. The Morgan fingerprint density at radius 2 is 1.57 bits per heavy atom. The Morgan fingerprint density at radius 3 is 2.00 bits per heavy atom. The molecular weight excluding hydrogens is 473 g/mol. The molecule has 12 nitrogen and oxygen atoms in total. The zero-order chi connectivity index (χ0) is 22.2. The van der Waals surface area contributed by atoms with Crippen molar-refractivity contribution in [3.63, 3.8) is 0 Å². The lowest BCUT2D eigenvalue weighted by Crippen LogP contribution is -2.54. The van der Waals surface area contributed by atoms with Crippen molar-refractivity contribution in [3.05, 3.63) is 5.21 Å². The Balaban J connectivity index is 2.93. The van der Waals surface area contributed by atoms with Gasteiger partial charge >= 0.3 is 26.1 Å². The first kappa shape index (κ1) is 24.8. The van der Waals surface area contributed by atoms with Crippen LogP contribution in [0.2, 0.25) is 0 Å². The smallest absolute Gasteiger partial charge is 0.511 e. The summed E-state index contributed by atoms with van der Waals surface area (Å²) in [6.07, 6.45) is 0.163. The van der Waals surface area contributed by atoms with E-state index >= 15 is 0 Å². The Labute approximate surface area is 154 Å². The third-order valence-corrected chi connectivity index (χ3v) is 8.69. The van der Waals surface area contributed by atoms with Crippen molar-refractivity contribution >= 4 is 36.0 Å². The Bertz CT molecular complexity index is 915. The van der Waals surface area contributed by atoms with E-state index in [-0.39, 0.29) is 13.0 Å². The highest BCUT2D eigenvalue weighted by Gasteiger charge is 2.63. The summed E-state index contributed by atoms with van der Waals surface area (Å²) < 4.78 is 127. The van der Waals surface area contributed by atoms with E-state index in [0.29, 0.717) is 0 Å². The monoisotopic (exact) mass is 484 g/mol. The quantitative estimate of drug-likeness (QED) is 0.166. The van der Waals surface area contributed by atoms with Gasteiger partial charge in [0.2, 0.25) is 0 Å². The van der Waals surface area contributed by atoms with Crippen LogP contribution in [0, 0.1) is 5.21 Å². The molecule has 28 heavy (non-hydrogen) atoms. The number of hydrogen-bond acceptors (Lipinski definition) is 10. The molecule has 0 aliphatic carbocycles. The van der Waals surface area contributed by atoms with E-state index in [1.54, 1.807) is 0 Å². The summed E-state index contributed by atoms with van der Waals surface area (Å²) in [4.78, 5) is 11.1. The minimum absolute atomic E-state index is 0.0333. The molecule has 0 radical (unpaired) electrons. The number of cyclic esters (lactones) is 1. The van der Waals surface area contributed by atoms with Crippen molar-refractivity contribution in [2.75, 3.05) is 19.7 Å². The molecule has 0 aromatic rings. The maximum absolute atomic E-state index is 13.7. The van der Waals surface area contributed by atoms with E-state index in [2.05, 4.69) is 10.1 Å². The number of carbonyl (C=O) groups is 1. The first-order valence-electron chi connectivity index (χ1n) is 6.70. The molecule has 166 valence electrons. The molecule has 0 bridgehead atoms. The summed E-state index contributed by atoms with van der Waals surface area (Å²) in [6.45, 7) is -1.50. The number of carbonyl (C=O) groups excluding carboxylic acids is 1. The van der Waals surface area contributed by atoms with Gasteiger partial charge in [-0.3, -0.25) is 4.79 Å². The molecule has 1 heterocycles. The van der Waals surface area contributed by atoms with Gasteiger partial charge in [-0.05, 0) is 0 Å². The van der Waals surface area contributed by atoms with Crippen molar-refractivity contribution in [2.45, 2.75) is 22.6 Å². The molecule has 1 atom stereocenters. The van der Waals surface area contributed by atoms with Crippen LogP contribution >= 0.6 is 0 Å². The Kier molecular flexibility index (Phi) is 7.02. The van der Waals surface area contributed by atoms with Crippen molar-refractivity contribution in [2.24, 2.45) is 0 Å². The number of nitrogens with one attached hydrogen (secondary N) is 2. The number of hydrogen-bond donors (Lipinski definition) is 2. The fourth-order valence-corrected chi connectivity index (χ4v) is 5.72. The molecule has 2 N–H and O–H groups in total. The van der Waals surface area contributed by atoms with E-state index in [1.807, 2.05) is 0 Å². The third-order valence-electron chi connectivity index (χ3n) is 3.04. The van der Waals surface area contributed by atoms with Crippen LogP contribution in [0.15, 0.2) is 0 Å². The largest absolute Gasteiger partial charge is 0.758 e. The molecule has 1 fully saturated rings. The summed E-state index contributed by atoms with van der Waals surface area (Å²) in [6, 6.07) is -0.900. The lowest BCUT2D eigenvalue weighted by molar-refractivity contribution is -0.139. The number of rotatable bonds is 9. The Hall–Kier alpha value is -1.19. The number of nitrogens with zero attached hydrogens (tertiary/aromatic N) is 1. The summed E-state index contributed by atoms with van der Waals surface area (Å²) in [5.41, 5.74) is -6.59. The summed E-state index contributed by atoms with van der Waals surface area (Å²) in [7, 11) is -21.2. The fourth-order valence-electron chi connectivity index (χ4n) is 1.64. The van der Waals surface area contributed by atoms with Crippen LogP contribution in [0.3, 0.4) is 0 Å². The number of ether oxygens (including phenoxy) is 1. The minimum Gasteiger partial charge on any atom is -0.758 e. The lowest BCUT2D eigenvalue weighted by atomic mass is 10.2. The van der Waals surface area contributed by atoms with Gasteiger partial charge in [-0.2, -0.15) is 25.8 Å². The number of halogens is 5. The molecule has 1 aliphatic heterocycles. The van der Waals surface area contributed by atoms with Gasteiger partial charge in [0.1, 0.15) is 6.04 Å². The molecule has 0 aromatic carbocycles. The maximum atomic E-state index is 13.7. The van der Waals surface area contributed by atoms with E-state index < -0.39 is 69.1 Å². The standard InChI is InChI=1S/C8H11F5N3O9S3/c9-7(10,11)27(21,22)16(18)28(23,24)8(12,13)26(19,20)15-3-2-14-5-1-4-25-6(5)17/h5,14-15H,1-4H2/q-1. The number of sulfonamides is 3. The van der Waals surface area contributed by atoms with Crippen LogP contribution in [0.25, 0.3) is 0 Å². The van der Waals surface area contributed by atoms with Gasteiger partial charge in [0.25, 0.3) is 20.0 Å². The molecule has 1 saturated heterocycles. The second kappa shape index (κ2) is 7.91. The van der Waals surface area contributed by atoms with Gasteiger partial charge in [0.05, 0.1) is 6.61 Å². The predicted molar refractivity (Wildman–Crippen MR) is 78.3 cm³/mol. The minimum atomic E-state index is -7.41. The summed E-state index contributed by atoms with van der Waals surface area (Å²) in [5.74, 6) is -0.727. The van der Waals surface area contributed by atoms with Gasteiger partial charge in [-0.15, -0.1) is 0 Å². The molecule has 0 saturated carbocycles. The highest BCUT2D eigenvalue weighted by Crippen LogP contribution is 2.36. The van der Waals surface area contributed by atoms with Crippen molar-refractivity contribution in [1.29, 1.82) is 0 Å². The SMILES string of the molecule is O=C1OCCC1NCCNS(=O)(=O)C(F)(F)S(=O)(=O)N([O-])S(=O)(=O)C(F)(F)F. The molecule has 20 heteroatoms. The van der Waals surface area contributed by atoms with Crippen molar-refractivity contribution in [1.82, 2.24) is 13.9 Å². The fraction of sp³-hybridized carbons (Fsp3) is 0.875. The van der Waals surface area contributed by atoms with Crippen LogP contribution in [0.4, 0.5) is 22.0 Å². The second-order valence-electron chi connectivity index (χ2n) is 4.94. The van der Waals surface area contributed by atoms with Crippen molar-refractivity contribution in [3.8, 4) is 0 Å². The molecular formula is C8H11F5N3O9S3-. The average Bonchev–Trinajstić information content (AvgIpc) is 2.94. The van der Waals surface area contributed by atoms with E-state index in [1.165, 1.54) is 0 Å². The van der Waals surface area contributed by atoms with Gasteiger partial charge in [0.15, 0.2) is 0 Å². The van der Waals surface area contributed by atoms with E-state index in [9.17, 15) is 57.2 Å². The lowest BCUT2D eigenvalue weighted by Gasteiger charge is -2.30. The first-order chi connectivity index (χ1) is 12.4. The normalized spacial score (nSPS) is 19.8. The molecule has 0 aromatic heterocycles. The highest BCUT2D eigenvalue weighted by atomic mass is 32.3. The van der Waals surface area contributed by atoms with E-state index in [0.717, 1.165) is 4.72 Å². The second-order valence-corrected chi connectivity index (χ2v) is 10.8. The Morgan fingerprint density at radius 1 is 1.04 bits per heavy atom. The van der Waals surface area contributed by atoms with E-state index in [4.69, 9.17) is 0 Å². The number of alkyl halides is 5. The highest BCUT2D eigenvalue weighted by molar-refractivity contribution is 8.13. The van der Waals surface area contributed by atoms with Gasteiger partial charge in [-0.1, -0.05) is 0 Å². The predicted octanol–water partition coefficient (Wildman–Crippen LogP) is -1.66. The molecule has 1 aliphatic rings. The molecule has 1 rings (SSSR count). The maximum Gasteiger partial charge on any atom is 0.511 e. The summed E-state index contributed by atoms with van der Waals surface area (Å²) >= 11 is 0.